The molecule has 0 aliphatic rings. The molecule has 0 aromatic heterocycles. The van der Waals surface area contributed by atoms with Crippen LogP contribution in [-0.2, 0) is 0 Å². The van der Waals surface area contributed by atoms with Crippen LogP contribution in [0.25, 0.3) is 10.8 Å². The zero-order valence-electron chi connectivity index (χ0n) is 11.8. The van der Waals surface area contributed by atoms with Gasteiger partial charge in [-0.25, -0.2) is 4.39 Å². The first-order valence-electron chi connectivity index (χ1n) is 7.19. The zero-order valence-corrected chi connectivity index (χ0v) is 11.8. The summed E-state index contributed by atoms with van der Waals surface area (Å²) >= 11 is 0. The minimum absolute atomic E-state index is 0.127. The maximum absolute atomic E-state index is 13.7. The average molecular weight is 273 g/mol. The molecule has 2 nitrogen and oxygen atoms in total. The van der Waals surface area contributed by atoms with Gasteiger partial charge in [-0.2, -0.15) is 0 Å². The summed E-state index contributed by atoms with van der Waals surface area (Å²) in [5.74, 6) is -0.419. The van der Waals surface area contributed by atoms with Crippen molar-refractivity contribution in [1.29, 1.82) is 0 Å². The highest BCUT2D eigenvalue weighted by Gasteiger charge is 2.11. The van der Waals surface area contributed by atoms with E-state index in [1.54, 1.807) is 24.3 Å². The van der Waals surface area contributed by atoms with E-state index >= 15 is 0 Å². The smallest absolute Gasteiger partial charge is 0.251 e. The van der Waals surface area contributed by atoms with Gasteiger partial charge in [0.2, 0.25) is 0 Å². The summed E-state index contributed by atoms with van der Waals surface area (Å²) in [6, 6.07) is 9.98. The van der Waals surface area contributed by atoms with Crippen LogP contribution in [-0.4, -0.2) is 12.5 Å². The zero-order chi connectivity index (χ0) is 14.4. The number of carbonyl (C=O) groups excluding carboxylic acids is 1. The van der Waals surface area contributed by atoms with Gasteiger partial charge in [-0.15, -0.1) is 0 Å². The average Bonchev–Trinajstić information content (AvgIpc) is 2.47. The summed E-state index contributed by atoms with van der Waals surface area (Å²) in [7, 11) is 0. The van der Waals surface area contributed by atoms with Crippen LogP contribution in [0.4, 0.5) is 4.39 Å². The van der Waals surface area contributed by atoms with Gasteiger partial charge in [0.25, 0.3) is 5.91 Å². The molecule has 2 aromatic rings. The predicted molar refractivity (Wildman–Crippen MR) is 80.4 cm³/mol. The van der Waals surface area contributed by atoms with E-state index in [2.05, 4.69) is 12.2 Å². The fourth-order valence-electron chi connectivity index (χ4n) is 2.31. The van der Waals surface area contributed by atoms with E-state index in [1.807, 2.05) is 6.07 Å². The van der Waals surface area contributed by atoms with Crippen molar-refractivity contribution in [1.82, 2.24) is 5.32 Å². The summed E-state index contributed by atoms with van der Waals surface area (Å²) in [6.45, 7) is 2.83. The van der Waals surface area contributed by atoms with Crippen molar-refractivity contribution in [3.63, 3.8) is 0 Å². The number of rotatable bonds is 6. The fourth-order valence-corrected chi connectivity index (χ4v) is 2.31. The molecule has 2 aromatic carbocycles. The number of benzene rings is 2. The van der Waals surface area contributed by atoms with Crippen LogP contribution in [0.2, 0.25) is 0 Å². The number of unbranched alkanes of at least 4 members (excludes halogenated alkanes) is 3. The van der Waals surface area contributed by atoms with E-state index < -0.39 is 0 Å². The maximum Gasteiger partial charge on any atom is 0.251 e. The molecule has 20 heavy (non-hydrogen) atoms. The summed E-state index contributed by atoms with van der Waals surface area (Å²) in [6.07, 6.45) is 4.48. The molecule has 1 N–H and O–H groups in total. The molecule has 0 saturated heterocycles. The number of hydrogen-bond acceptors (Lipinski definition) is 1. The molecule has 2 rings (SSSR count). The largest absolute Gasteiger partial charge is 0.352 e. The number of hydrogen-bond donors (Lipinski definition) is 1. The van der Waals surface area contributed by atoms with Crippen LogP contribution in [0.5, 0.6) is 0 Å². The van der Waals surface area contributed by atoms with Crippen LogP contribution in [0.15, 0.2) is 36.4 Å². The van der Waals surface area contributed by atoms with Gasteiger partial charge in [0.05, 0.1) is 0 Å². The second kappa shape index (κ2) is 7.04. The van der Waals surface area contributed by atoms with Crippen molar-refractivity contribution in [3.05, 3.63) is 47.8 Å². The first kappa shape index (κ1) is 14.5. The van der Waals surface area contributed by atoms with E-state index in [0.29, 0.717) is 22.9 Å². The highest BCUT2D eigenvalue weighted by molar-refractivity contribution is 6.07. The summed E-state index contributed by atoms with van der Waals surface area (Å²) < 4.78 is 13.7. The monoisotopic (exact) mass is 273 g/mol. The molecule has 0 bridgehead atoms. The molecule has 0 spiro atoms. The molecular formula is C17H20FNO. The normalized spacial score (nSPS) is 10.7. The van der Waals surface area contributed by atoms with Crippen molar-refractivity contribution >= 4 is 16.7 Å². The number of amides is 1. The van der Waals surface area contributed by atoms with E-state index in [4.69, 9.17) is 0 Å². The summed E-state index contributed by atoms with van der Waals surface area (Å²) in [5.41, 5.74) is 0.539. The molecule has 0 radical (unpaired) electrons. The molecule has 106 valence electrons. The SMILES string of the molecule is CCCCCCNC(=O)c1ccc(F)c2ccccc12. The Balaban J connectivity index is 2.09. The third-order valence-corrected chi connectivity index (χ3v) is 3.43. The van der Waals surface area contributed by atoms with E-state index in [0.717, 1.165) is 12.8 Å². The summed E-state index contributed by atoms with van der Waals surface area (Å²) in [5, 5.41) is 4.07. The summed E-state index contributed by atoms with van der Waals surface area (Å²) in [4.78, 5) is 12.2. The highest BCUT2D eigenvalue weighted by atomic mass is 19.1. The number of fused-ring (bicyclic) bond motifs is 1. The van der Waals surface area contributed by atoms with Crippen LogP contribution >= 0.6 is 0 Å². The van der Waals surface area contributed by atoms with Crippen LogP contribution in [0.1, 0.15) is 43.0 Å². The molecule has 0 atom stereocenters. The van der Waals surface area contributed by atoms with Gasteiger partial charge in [-0.05, 0) is 23.9 Å². The lowest BCUT2D eigenvalue weighted by Gasteiger charge is -2.08. The first-order valence-corrected chi connectivity index (χ1v) is 7.19. The Morgan fingerprint density at radius 2 is 1.80 bits per heavy atom. The lowest BCUT2D eigenvalue weighted by molar-refractivity contribution is 0.0954. The van der Waals surface area contributed by atoms with Crippen LogP contribution in [0, 0.1) is 5.82 Å². The number of nitrogens with one attached hydrogen (secondary N) is 1. The molecule has 0 heterocycles. The minimum atomic E-state index is -0.292. The van der Waals surface area contributed by atoms with E-state index in [-0.39, 0.29) is 11.7 Å². The lowest BCUT2D eigenvalue weighted by Crippen LogP contribution is -2.24. The molecular weight excluding hydrogens is 253 g/mol. The molecule has 0 aliphatic carbocycles. The molecule has 1 amide bonds. The van der Waals surface area contributed by atoms with Gasteiger partial charge in [-0.1, -0.05) is 50.5 Å². The number of carbonyl (C=O) groups is 1. The Hall–Kier alpha value is -1.90. The van der Waals surface area contributed by atoms with Crippen molar-refractivity contribution < 1.29 is 9.18 Å². The fraction of sp³-hybridized carbons (Fsp3) is 0.353. The van der Waals surface area contributed by atoms with Crippen LogP contribution in [0.3, 0.4) is 0 Å². The molecule has 0 unspecified atom stereocenters. The third kappa shape index (κ3) is 3.35. The third-order valence-electron chi connectivity index (χ3n) is 3.43. The predicted octanol–water partition coefficient (Wildman–Crippen LogP) is 4.29. The quantitative estimate of drug-likeness (QED) is 0.782. The van der Waals surface area contributed by atoms with Gasteiger partial charge < -0.3 is 5.32 Å². The Morgan fingerprint density at radius 3 is 2.55 bits per heavy atom. The van der Waals surface area contributed by atoms with Gasteiger partial charge in [0.1, 0.15) is 5.82 Å². The highest BCUT2D eigenvalue weighted by Crippen LogP contribution is 2.21. The molecule has 0 aliphatic heterocycles. The van der Waals surface area contributed by atoms with E-state index in [1.165, 1.54) is 18.9 Å². The number of halogens is 1. The minimum Gasteiger partial charge on any atom is -0.352 e. The standard InChI is InChI=1S/C17H20FNO/c1-2-3-4-7-12-19-17(20)15-10-11-16(18)14-9-6-5-8-13(14)15/h5-6,8-11H,2-4,7,12H2,1H3,(H,19,20). The van der Waals surface area contributed by atoms with E-state index in [9.17, 15) is 9.18 Å². The Kier molecular flexibility index (Phi) is 5.10. The van der Waals surface area contributed by atoms with Gasteiger partial charge in [0.15, 0.2) is 0 Å². The second-order valence-corrected chi connectivity index (χ2v) is 4.96. The lowest BCUT2D eigenvalue weighted by atomic mass is 10.0. The van der Waals surface area contributed by atoms with Gasteiger partial charge >= 0.3 is 0 Å². The molecule has 0 saturated carbocycles. The van der Waals surface area contributed by atoms with Crippen molar-refractivity contribution in [2.45, 2.75) is 32.6 Å². The molecule has 0 fully saturated rings. The van der Waals surface area contributed by atoms with Crippen LogP contribution < -0.4 is 5.32 Å². The first-order chi connectivity index (χ1) is 9.74. The second-order valence-electron chi connectivity index (χ2n) is 4.96. The topological polar surface area (TPSA) is 29.1 Å². The Bertz CT molecular complexity index is 595. The van der Waals surface area contributed by atoms with Crippen molar-refractivity contribution in [2.75, 3.05) is 6.54 Å². The van der Waals surface area contributed by atoms with Crippen molar-refractivity contribution in [2.24, 2.45) is 0 Å². The van der Waals surface area contributed by atoms with Gasteiger partial charge in [0, 0.05) is 17.5 Å². The Morgan fingerprint density at radius 1 is 1.05 bits per heavy atom. The Labute approximate surface area is 119 Å². The van der Waals surface area contributed by atoms with Gasteiger partial charge in [-0.3, -0.25) is 4.79 Å². The van der Waals surface area contributed by atoms with Crippen molar-refractivity contribution in [3.8, 4) is 0 Å². The maximum atomic E-state index is 13.7. The molecule has 3 heteroatoms.